The second kappa shape index (κ2) is 10.5. The number of piperidine rings is 1. The first-order valence-electron chi connectivity index (χ1n) is 11.6. The van der Waals surface area contributed by atoms with Gasteiger partial charge < -0.3 is 10.2 Å². The Morgan fingerprint density at radius 2 is 1.58 bits per heavy atom. The minimum Gasteiger partial charge on any atom is -0.352 e. The summed E-state index contributed by atoms with van der Waals surface area (Å²) in [5.41, 5.74) is 1.82. The van der Waals surface area contributed by atoms with E-state index in [0.717, 1.165) is 36.8 Å². The number of carbonyl (C=O) groups excluding carboxylic acids is 2. The monoisotopic (exact) mass is 469 g/mol. The van der Waals surface area contributed by atoms with E-state index in [1.165, 1.54) is 4.31 Å². The molecule has 0 spiro atoms. The van der Waals surface area contributed by atoms with Crippen LogP contribution in [0.5, 0.6) is 0 Å². The van der Waals surface area contributed by atoms with E-state index in [1.807, 2.05) is 30.3 Å². The zero-order valence-corrected chi connectivity index (χ0v) is 19.6. The molecule has 4 rings (SSSR count). The minimum atomic E-state index is -3.43. The Morgan fingerprint density at radius 3 is 2.27 bits per heavy atom. The minimum absolute atomic E-state index is 0.0495. The summed E-state index contributed by atoms with van der Waals surface area (Å²) in [5, 5.41) is 2.95. The van der Waals surface area contributed by atoms with Gasteiger partial charge in [0.05, 0.1) is 17.2 Å². The van der Waals surface area contributed by atoms with E-state index >= 15 is 0 Å². The third-order valence-corrected chi connectivity index (χ3v) is 8.35. The summed E-state index contributed by atoms with van der Waals surface area (Å²) in [7, 11) is -3.43. The number of nitrogens with zero attached hydrogens (tertiary/aromatic N) is 2. The van der Waals surface area contributed by atoms with E-state index < -0.39 is 10.0 Å². The van der Waals surface area contributed by atoms with Gasteiger partial charge in [-0.05, 0) is 48.9 Å². The molecule has 2 heterocycles. The van der Waals surface area contributed by atoms with Gasteiger partial charge in [-0.2, -0.15) is 4.31 Å². The van der Waals surface area contributed by atoms with Crippen LogP contribution in [0.15, 0.2) is 59.5 Å². The molecule has 2 fully saturated rings. The predicted octanol–water partition coefficient (Wildman–Crippen LogP) is 2.57. The van der Waals surface area contributed by atoms with Gasteiger partial charge in [0.2, 0.25) is 21.8 Å². The molecule has 176 valence electrons. The largest absolute Gasteiger partial charge is 0.352 e. The first kappa shape index (κ1) is 23.4. The van der Waals surface area contributed by atoms with Crippen LogP contribution in [0.4, 0.5) is 0 Å². The molecule has 7 nitrogen and oxygen atoms in total. The lowest BCUT2D eigenvalue weighted by molar-refractivity contribution is -0.135. The van der Waals surface area contributed by atoms with E-state index in [2.05, 4.69) is 5.32 Å². The van der Waals surface area contributed by atoms with Gasteiger partial charge in [0.1, 0.15) is 0 Å². The molecule has 0 radical (unpaired) electrons. The van der Waals surface area contributed by atoms with Crippen LogP contribution in [0.3, 0.4) is 0 Å². The molecular weight excluding hydrogens is 438 g/mol. The molecule has 1 unspecified atom stereocenters. The number of amides is 2. The maximum Gasteiger partial charge on any atom is 0.243 e. The number of nitrogens with one attached hydrogen (secondary N) is 1. The maximum atomic E-state index is 12.7. The Bertz CT molecular complexity index is 1060. The summed E-state index contributed by atoms with van der Waals surface area (Å²) in [6.45, 7) is 2.60. The van der Waals surface area contributed by atoms with E-state index in [9.17, 15) is 18.0 Å². The molecule has 0 saturated carbocycles. The average molecular weight is 470 g/mol. The van der Waals surface area contributed by atoms with Crippen molar-refractivity contribution in [2.45, 2.75) is 43.5 Å². The van der Waals surface area contributed by atoms with E-state index in [0.29, 0.717) is 44.0 Å². The van der Waals surface area contributed by atoms with Crippen molar-refractivity contribution in [1.82, 2.24) is 14.5 Å². The average Bonchev–Trinajstić information content (AvgIpc) is 3.40. The van der Waals surface area contributed by atoms with Gasteiger partial charge >= 0.3 is 0 Å². The lowest BCUT2D eigenvalue weighted by Gasteiger charge is -2.32. The first-order valence-corrected chi connectivity index (χ1v) is 13.1. The summed E-state index contributed by atoms with van der Waals surface area (Å²) >= 11 is 0. The van der Waals surface area contributed by atoms with Gasteiger partial charge in [-0.1, -0.05) is 42.5 Å². The molecule has 8 heteroatoms. The van der Waals surface area contributed by atoms with Gasteiger partial charge in [-0.3, -0.25) is 9.59 Å². The Kier molecular flexibility index (Phi) is 7.45. The fraction of sp³-hybridized carbons (Fsp3) is 0.440. The quantitative estimate of drug-likeness (QED) is 0.675. The highest BCUT2D eigenvalue weighted by atomic mass is 32.2. The number of carbonyl (C=O) groups is 2. The zero-order valence-electron chi connectivity index (χ0n) is 18.8. The van der Waals surface area contributed by atoms with Crippen molar-refractivity contribution in [3.63, 3.8) is 0 Å². The predicted molar refractivity (Wildman–Crippen MR) is 126 cm³/mol. The first-order chi connectivity index (χ1) is 15.9. The Hall–Kier alpha value is -2.71. The third-order valence-electron chi connectivity index (χ3n) is 6.44. The molecule has 2 saturated heterocycles. The van der Waals surface area contributed by atoms with Gasteiger partial charge in [-0.15, -0.1) is 0 Å². The number of benzene rings is 2. The maximum absolute atomic E-state index is 12.7. The highest BCUT2D eigenvalue weighted by Gasteiger charge is 2.29. The second-order valence-electron chi connectivity index (χ2n) is 8.81. The van der Waals surface area contributed by atoms with Crippen molar-refractivity contribution in [2.24, 2.45) is 5.92 Å². The van der Waals surface area contributed by atoms with Gasteiger partial charge in [0.15, 0.2) is 0 Å². The smallest absolute Gasteiger partial charge is 0.243 e. The summed E-state index contributed by atoms with van der Waals surface area (Å²) in [5.74, 6) is -0.247. The third kappa shape index (κ3) is 5.81. The Morgan fingerprint density at radius 1 is 0.879 bits per heavy atom. The fourth-order valence-electron chi connectivity index (χ4n) is 4.49. The molecule has 0 aromatic heterocycles. The number of hydrogen-bond acceptors (Lipinski definition) is 4. The molecule has 0 aliphatic carbocycles. The fourth-order valence-corrected chi connectivity index (χ4v) is 6.01. The van der Waals surface area contributed by atoms with E-state index in [1.54, 1.807) is 29.2 Å². The van der Waals surface area contributed by atoms with E-state index in [4.69, 9.17) is 0 Å². The molecule has 2 amide bonds. The lowest BCUT2D eigenvalue weighted by atomic mass is 9.96. The van der Waals surface area contributed by atoms with Crippen LogP contribution in [0.1, 0.15) is 36.8 Å². The van der Waals surface area contributed by atoms with Gasteiger partial charge in [0, 0.05) is 32.7 Å². The van der Waals surface area contributed by atoms with Crippen molar-refractivity contribution in [1.29, 1.82) is 0 Å². The molecule has 1 atom stereocenters. The van der Waals surface area contributed by atoms with Crippen LogP contribution in [0.2, 0.25) is 0 Å². The normalized spacial score (nSPS) is 19.4. The van der Waals surface area contributed by atoms with Crippen LogP contribution >= 0.6 is 0 Å². The number of hydrogen-bond donors (Lipinski definition) is 1. The standard InChI is InChI=1S/C25H31N3O4S/c29-24(17-20-7-2-1-3-8-20)27-14-6-9-22(19-27)25(30)26-18-21-10-12-23(13-11-21)33(31,32)28-15-4-5-16-28/h1-3,7-8,10-13,22H,4-6,9,14-19H2,(H,26,30). The lowest BCUT2D eigenvalue weighted by Crippen LogP contribution is -2.45. The summed E-state index contributed by atoms with van der Waals surface area (Å²) in [4.78, 5) is 27.5. The zero-order chi connectivity index (χ0) is 23.3. The van der Waals surface area contributed by atoms with Crippen LogP contribution in [0, 0.1) is 5.92 Å². The van der Waals surface area contributed by atoms with Crippen LogP contribution in [0.25, 0.3) is 0 Å². The molecule has 2 aliphatic rings. The van der Waals surface area contributed by atoms with Crippen LogP contribution < -0.4 is 5.32 Å². The molecule has 2 aromatic rings. The topological polar surface area (TPSA) is 86.8 Å². The van der Waals surface area contributed by atoms with Crippen molar-refractivity contribution < 1.29 is 18.0 Å². The van der Waals surface area contributed by atoms with Gasteiger partial charge in [0.25, 0.3) is 0 Å². The van der Waals surface area contributed by atoms with Crippen LogP contribution in [-0.4, -0.2) is 55.6 Å². The highest BCUT2D eigenvalue weighted by Crippen LogP contribution is 2.21. The second-order valence-corrected chi connectivity index (χ2v) is 10.8. The Balaban J connectivity index is 1.29. The Labute approximate surface area is 195 Å². The van der Waals surface area contributed by atoms with Crippen molar-refractivity contribution in [3.05, 3.63) is 65.7 Å². The van der Waals surface area contributed by atoms with Crippen LogP contribution in [-0.2, 0) is 32.6 Å². The summed E-state index contributed by atoms with van der Waals surface area (Å²) in [6.07, 6.45) is 3.72. The van der Waals surface area contributed by atoms with Gasteiger partial charge in [-0.25, -0.2) is 8.42 Å². The molecule has 2 aromatic carbocycles. The number of sulfonamides is 1. The number of likely N-dealkylation sites (tertiary alicyclic amines) is 1. The molecule has 2 aliphatic heterocycles. The highest BCUT2D eigenvalue weighted by molar-refractivity contribution is 7.89. The van der Waals surface area contributed by atoms with Crippen molar-refractivity contribution in [3.8, 4) is 0 Å². The number of rotatable bonds is 7. The molecular formula is C25H31N3O4S. The van der Waals surface area contributed by atoms with E-state index in [-0.39, 0.29) is 17.7 Å². The molecule has 33 heavy (non-hydrogen) atoms. The molecule has 0 bridgehead atoms. The summed E-state index contributed by atoms with van der Waals surface area (Å²) < 4.78 is 26.8. The summed E-state index contributed by atoms with van der Waals surface area (Å²) in [6, 6.07) is 16.4. The SMILES string of the molecule is O=C(NCc1ccc(S(=O)(=O)N2CCCC2)cc1)C1CCCN(C(=O)Cc2ccccc2)C1. The van der Waals surface area contributed by atoms with Crippen molar-refractivity contribution in [2.75, 3.05) is 26.2 Å². The van der Waals surface area contributed by atoms with Crippen molar-refractivity contribution >= 4 is 21.8 Å². The molecule has 1 N–H and O–H groups in total.